The molecule has 0 unspecified atom stereocenters. The van der Waals surface area contributed by atoms with Gasteiger partial charge in [0.15, 0.2) is 0 Å². The molecule has 1 aromatic carbocycles. The van der Waals surface area contributed by atoms with E-state index in [2.05, 4.69) is 4.72 Å². The van der Waals surface area contributed by atoms with Crippen molar-refractivity contribution in [1.29, 1.82) is 0 Å². The van der Waals surface area contributed by atoms with E-state index in [1.165, 1.54) is 0 Å². The number of nitrogens with one attached hydrogen (secondary N) is 1. The van der Waals surface area contributed by atoms with Gasteiger partial charge < -0.3 is 10.6 Å². The number of nitrogens with zero attached hydrogens (tertiary/aromatic N) is 1. The highest BCUT2D eigenvalue weighted by Gasteiger charge is 2.22. The lowest BCUT2D eigenvalue weighted by atomic mass is 9.93. The minimum Gasteiger partial charge on any atom is -0.341 e. The van der Waals surface area contributed by atoms with Gasteiger partial charge in [-0.05, 0) is 42.6 Å². The summed E-state index contributed by atoms with van der Waals surface area (Å²) in [5, 5.41) is 0. The molecule has 0 aliphatic rings. The van der Waals surface area contributed by atoms with Crippen LogP contribution in [0.5, 0.6) is 0 Å². The van der Waals surface area contributed by atoms with Crippen LogP contribution in [0.25, 0.3) is 0 Å². The Bertz CT molecular complexity index is 624. The third-order valence-electron chi connectivity index (χ3n) is 3.44. The molecule has 0 saturated carbocycles. The zero-order chi connectivity index (χ0) is 17.7. The van der Waals surface area contributed by atoms with E-state index in [1.54, 1.807) is 43.1 Å². The predicted molar refractivity (Wildman–Crippen MR) is 93.9 cm³/mol. The van der Waals surface area contributed by atoms with Crippen molar-refractivity contribution in [3.05, 3.63) is 29.8 Å². The lowest BCUT2D eigenvalue weighted by molar-refractivity contribution is 0.0740. The number of amides is 1. The van der Waals surface area contributed by atoms with E-state index >= 15 is 0 Å². The molecule has 0 atom stereocenters. The lowest BCUT2D eigenvalue weighted by Gasteiger charge is -2.29. The van der Waals surface area contributed by atoms with Crippen LogP contribution < -0.4 is 10.5 Å². The van der Waals surface area contributed by atoms with Gasteiger partial charge in [-0.1, -0.05) is 20.8 Å². The smallest absolute Gasteiger partial charge is 0.253 e. The molecule has 0 spiro atoms. The van der Waals surface area contributed by atoms with E-state index < -0.39 is 10.0 Å². The fraction of sp³-hybridized carbons (Fsp3) is 0.562. The molecule has 0 heterocycles. The number of sulfonamides is 1. The fourth-order valence-corrected chi connectivity index (χ4v) is 3.31. The van der Waals surface area contributed by atoms with Gasteiger partial charge in [-0.25, -0.2) is 8.42 Å². The highest BCUT2D eigenvalue weighted by molar-refractivity contribution is 7.92. The zero-order valence-electron chi connectivity index (χ0n) is 14.3. The summed E-state index contributed by atoms with van der Waals surface area (Å²) in [6.45, 7) is 6.85. The van der Waals surface area contributed by atoms with Crippen molar-refractivity contribution in [1.82, 2.24) is 4.90 Å². The summed E-state index contributed by atoms with van der Waals surface area (Å²) in [4.78, 5) is 14.0. The molecule has 0 fully saturated rings. The van der Waals surface area contributed by atoms with Gasteiger partial charge in [-0.15, -0.1) is 0 Å². The fourth-order valence-electron chi connectivity index (χ4n) is 2.18. The van der Waals surface area contributed by atoms with Crippen LogP contribution in [0, 0.1) is 5.41 Å². The van der Waals surface area contributed by atoms with Crippen LogP contribution in [0.3, 0.4) is 0 Å². The van der Waals surface area contributed by atoms with Gasteiger partial charge in [0.2, 0.25) is 10.0 Å². The Morgan fingerprint density at radius 3 is 2.30 bits per heavy atom. The number of carbonyl (C=O) groups excluding carboxylic acids is 1. The Labute approximate surface area is 139 Å². The summed E-state index contributed by atoms with van der Waals surface area (Å²) in [5.74, 6) is -0.0422. The van der Waals surface area contributed by atoms with Crippen molar-refractivity contribution in [2.24, 2.45) is 11.1 Å². The molecule has 0 aliphatic carbocycles. The highest BCUT2D eigenvalue weighted by Crippen LogP contribution is 2.17. The van der Waals surface area contributed by atoms with Gasteiger partial charge in [0.25, 0.3) is 5.91 Å². The third kappa shape index (κ3) is 6.19. The van der Waals surface area contributed by atoms with E-state index in [4.69, 9.17) is 5.73 Å². The second kappa shape index (κ2) is 7.79. The zero-order valence-corrected chi connectivity index (χ0v) is 15.1. The maximum Gasteiger partial charge on any atom is 0.253 e. The van der Waals surface area contributed by atoms with Gasteiger partial charge >= 0.3 is 0 Å². The first kappa shape index (κ1) is 19.4. The number of carbonyl (C=O) groups is 1. The molecular formula is C16H27N3O3S. The van der Waals surface area contributed by atoms with Gasteiger partial charge in [-0.3, -0.25) is 9.52 Å². The topological polar surface area (TPSA) is 92.5 Å². The number of hydrogen-bond acceptors (Lipinski definition) is 4. The first-order valence-electron chi connectivity index (χ1n) is 7.66. The molecule has 1 aromatic rings. The number of nitrogens with two attached hydrogens (primary N) is 1. The molecular weight excluding hydrogens is 314 g/mol. The van der Waals surface area contributed by atoms with E-state index in [0.29, 0.717) is 30.8 Å². The Kier molecular flexibility index (Phi) is 6.58. The van der Waals surface area contributed by atoms with Crippen LogP contribution in [0.15, 0.2) is 24.3 Å². The van der Waals surface area contributed by atoms with Crippen molar-refractivity contribution in [3.63, 3.8) is 0 Å². The normalized spacial score (nSPS) is 12.0. The molecule has 130 valence electrons. The average molecular weight is 341 g/mol. The largest absolute Gasteiger partial charge is 0.341 e. The van der Waals surface area contributed by atoms with E-state index in [-0.39, 0.29) is 17.1 Å². The number of hydrogen-bond donors (Lipinski definition) is 2. The van der Waals surface area contributed by atoms with Crippen molar-refractivity contribution in [3.8, 4) is 0 Å². The summed E-state index contributed by atoms with van der Waals surface area (Å²) >= 11 is 0. The van der Waals surface area contributed by atoms with Crippen LogP contribution in [-0.4, -0.2) is 45.1 Å². The quantitative estimate of drug-likeness (QED) is 0.755. The number of anilines is 1. The molecule has 7 heteroatoms. The Morgan fingerprint density at radius 2 is 1.83 bits per heavy atom. The van der Waals surface area contributed by atoms with Crippen LogP contribution in [0.4, 0.5) is 5.69 Å². The molecule has 3 N–H and O–H groups in total. The van der Waals surface area contributed by atoms with Crippen molar-refractivity contribution >= 4 is 21.6 Å². The maximum absolute atomic E-state index is 12.4. The first-order valence-corrected chi connectivity index (χ1v) is 9.31. The molecule has 0 radical (unpaired) electrons. The molecule has 0 saturated heterocycles. The van der Waals surface area contributed by atoms with Gasteiger partial charge in [0, 0.05) is 24.8 Å². The minimum absolute atomic E-state index is 0.0740. The molecule has 1 rings (SSSR count). The molecule has 1 amide bonds. The summed E-state index contributed by atoms with van der Waals surface area (Å²) in [6, 6.07) is 6.45. The second-order valence-corrected chi connectivity index (χ2v) is 8.37. The monoisotopic (exact) mass is 341 g/mol. The van der Waals surface area contributed by atoms with Crippen LogP contribution in [-0.2, 0) is 10.0 Å². The van der Waals surface area contributed by atoms with Gasteiger partial charge in [0.1, 0.15) is 0 Å². The van der Waals surface area contributed by atoms with E-state index in [0.717, 1.165) is 0 Å². The van der Waals surface area contributed by atoms with Crippen LogP contribution in [0.1, 0.15) is 37.6 Å². The standard InChI is InChI=1S/C16H27N3O3S/c1-5-10-23(21,22)18-14-8-6-13(7-9-14)15(20)19(4)12-16(2,3)11-17/h6-9,18H,5,10-12,17H2,1-4H3. The summed E-state index contributed by atoms with van der Waals surface area (Å²) in [6.07, 6.45) is 0.549. The first-order chi connectivity index (χ1) is 10.6. The molecule has 23 heavy (non-hydrogen) atoms. The molecule has 6 nitrogen and oxygen atoms in total. The second-order valence-electron chi connectivity index (χ2n) is 6.53. The van der Waals surface area contributed by atoms with Gasteiger partial charge in [-0.2, -0.15) is 0 Å². The lowest BCUT2D eigenvalue weighted by Crippen LogP contribution is -2.39. The Hall–Kier alpha value is -1.60. The molecule has 0 aliphatic heterocycles. The molecule has 0 bridgehead atoms. The van der Waals surface area contributed by atoms with Crippen molar-refractivity contribution in [2.75, 3.05) is 30.6 Å². The summed E-state index contributed by atoms with van der Waals surface area (Å²) in [7, 11) is -1.59. The average Bonchev–Trinajstić information content (AvgIpc) is 2.46. The van der Waals surface area contributed by atoms with Gasteiger partial charge in [0.05, 0.1) is 5.75 Å². The van der Waals surface area contributed by atoms with E-state index in [9.17, 15) is 13.2 Å². The van der Waals surface area contributed by atoms with Crippen molar-refractivity contribution < 1.29 is 13.2 Å². The predicted octanol–water partition coefficient (Wildman–Crippen LogP) is 1.90. The minimum atomic E-state index is -3.32. The van der Waals surface area contributed by atoms with Crippen molar-refractivity contribution in [2.45, 2.75) is 27.2 Å². The summed E-state index contributed by atoms with van der Waals surface area (Å²) in [5.41, 5.74) is 6.51. The molecule has 0 aromatic heterocycles. The van der Waals surface area contributed by atoms with Crippen LogP contribution in [0.2, 0.25) is 0 Å². The Balaban J connectivity index is 2.78. The van der Waals surface area contributed by atoms with E-state index in [1.807, 2.05) is 13.8 Å². The summed E-state index contributed by atoms with van der Waals surface area (Å²) < 4.78 is 25.9. The third-order valence-corrected chi connectivity index (χ3v) is 4.93. The SMILES string of the molecule is CCCS(=O)(=O)Nc1ccc(C(=O)N(C)CC(C)(C)CN)cc1. The maximum atomic E-state index is 12.4. The number of benzene rings is 1. The number of rotatable bonds is 8. The highest BCUT2D eigenvalue weighted by atomic mass is 32.2. The van der Waals surface area contributed by atoms with Crippen LogP contribution >= 0.6 is 0 Å². The Morgan fingerprint density at radius 1 is 1.26 bits per heavy atom.